The Balaban J connectivity index is 2.04. The number of pyridine rings is 1. The summed E-state index contributed by atoms with van der Waals surface area (Å²) in [5.41, 5.74) is 0.743. The lowest BCUT2D eigenvalue weighted by Gasteiger charge is -2.06. The number of rotatable bonds is 3. The summed E-state index contributed by atoms with van der Waals surface area (Å²) < 4.78 is 19.6. The number of nitriles is 1. The predicted octanol–water partition coefficient (Wildman–Crippen LogP) is 3.43. The molecule has 2 rings (SSSR count). The molecule has 3 nitrogen and oxygen atoms in total. The molecule has 0 unspecified atom stereocenters. The van der Waals surface area contributed by atoms with E-state index in [9.17, 15) is 4.39 Å². The zero-order chi connectivity index (χ0) is 13.0. The topological polar surface area (TPSA) is 45.9 Å². The summed E-state index contributed by atoms with van der Waals surface area (Å²) in [5, 5.41) is 8.60. The van der Waals surface area contributed by atoms with Gasteiger partial charge in [0, 0.05) is 16.7 Å². The third-order valence-electron chi connectivity index (χ3n) is 2.24. The Labute approximate surface area is 112 Å². The first kappa shape index (κ1) is 12.5. The highest BCUT2D eigenvalue weighted by molar-refractivity contribution is 9.10. The van der Waals surface area contributed by atoms with Crippen LogP contribution in [0.2, 0.25) is 0 Å². The predicted molar refractivity (Wildman–Crippen MR) is 67.4 cm³/mol. The molecule has 0 aliphatic rings. The van der Waals surface area contributed by atoms with Gasteiger partial charge < -0.3 is 4.74 Å². The van der Waals surface area contributed by atoms with Crippen LogP contribution in [0.3, 0.4) is 0 Å². The molecule has 18 heavy (non-hydrogen) atoms. The van der Waals surface area contributed by atoms with Crippen molar-refractivity contribution in [3.63, 3.8) is 0 Å². The minimum Gasteiger partial charge on any atom is -0.487 e. The summed E-state index contributed by atoms with van der Waals surface area (Å²) >= 11 is 3.28. The van der Waals surface area contributed by atoms with E-state index in [0.717, 1.165) is 10.2 Å². The molecule has 0 amide bonds. The third kappa shape index (κ3) is 3.05. The van der Waals surface area contributed by atoms with Crippen LogP contribution in [0.25, 0.3) is 0 Å². The lowest BCUT2D eigenvalue weighted by Crippen LogP contribution is -1.98. The maximum Gasteiger partial charge on any atom is 0.144 e. The first-order chi connectivity index (χ1) is 8.69. The minimum atomic E-state index is -0.584. The summed E-state index contributed by atoms with van der Waals surface area (Å²) in [6.45, 7) is 0.249. The van der Waals surface area contributed by atoms with Gasteiger partial charge in [-0.1, -0.05) is 0 Å². The zero-order valence-electron chi connectivity index (χ0n) is 9.23. The molecular formula is C13H8BrFN2O. The second-order valence-electron chi connectivity index (χ2n) is 3.51. The van der Waals surface area contributed by atoms with Gasteiger partial charge in [-0.3, -0.25) is 4.98 Å². The smallest absolute Gasteiger partial charge is 0.144 e. The Bertz CT molecular complexity index is 593. The van der Waals surface area contributed by atoms with Crippen molar-refractivity contribution < 1.29 is 9.13 Å². The van der Waals surface area contributed by atoms with Gasteiger partial charge in [-0.05, 0) is 40.2 Å². The van der Waals surface area contributed by atoms with Crippen molar-refractivity contribution in [3.05, 3.63) is 58.1 Å². The van der Waals surface area contributed by atoms with Gasteiger partial charge in [0.05, 0.1) is 11.3 Å². The summed E-state index contributed by atoms with van der Waals surface area (Å²) in [5.74, 6) is -0.213. The molecule has 0 atom stereocenters. The number of halogens is 2. The SMILES string of the molecule is N#Cc1ccc(OCc2ccc(Br)cn2)cc1F. The van der Waals surface area contributed by atoms with Crippen LogP contribution in [0.15, 0.2) is 41.0 Å². The monoisotopic (exact) mass is 306 g/mol. The van der Waals surface area contributed by atoms with E-state index < -0.39 is 5.82 Å². The molecular weight excluding hydrogens is 299 g/mol. The van der Waals surface area contributed by atoms with Crippen LogP contribution in [0, 0.1) is 17.1 Å². The van der Waals surface area contributed by atoms with E-state index in [1.807, 2.05) is 12.1 Å². The van der Waals surface area contributed by atoms with Crippen LogP contribution in [0.1, 0.15) is 11.3 Å². The van der Waals surface area contributed by atoms with Crippen LogP contribution in [0.4, 0.5) is 4.39 Å². The van der Waals surface area contributed by atoms with Gasteiger partial charge in [0.15, 0.2) is 0 Å². The highest BCUT2D eigenvalue weighted by Gasteiger charge is 2.04. The fourth-order valence-corrected chi connectivity index (χ4v) is 1.56. The first-order valence-corrected chi connectivity index (χ1v) is 5.91. The van der Waals surface area contributed by atoms with Gasteiger partial charge in [-0.25, -0.2) is 4.39 Å². The van der Waals surface area contributed by atoms with E-state index >= 15 is 0 Å². The molecule has 1 aromatic heterocycles. The molecule has 0 saturated heterocycles. The number of nitrogens with zero attached hydrogens (tertiary/aromatic N) is 2. The van der Waals surface area contributed by atoms with Gasteiger partial charge in [0.1, 0.15) is 24.2 Å². The largest absolute Gasteiger partial charge is 0.487 e. The van der Waals surface area contributed by atoms with Crippen LogP contribution in [0.5, 0.6) is 5.75 Å². The normalized spacial score (nSPS) is 9.83. The molecule has 5 heteroatoms. The van der Waals surface area contributed by atoms with Crippen LogP contribution >= 0.6 is 15.9 Å². The second-order valence-corrected chi connectivity index (χ2v) is 4.43. The molecule has 0 bridgehead atoms. The summed E-state index contributed by atoms with van der Waals surface area (Å²) in [7, 11) is 0. The zero-order valence-corrected chi connectivity index (χ0v) is 10.8. The van der Waals surface area contributed by atoms with E-state index in [1.165, 1.54) is 12.1 Å². The van der Waals surface area contributed by atoms with Crippen LogP contribution in [-0.4, -0.2) is 4.98 Å². The number of hydrogen-bond acceptors (Lipinski definition) is 3. The van der Waals surface area contributed by atoms with Gasteiger partial charge >= 0.3 is 0 Å². The van der Waals surface area contributed by atoms with Crippen molar-refractivity contribution in [1.82, 2.24) is 4.98 Å². The van der Waals surface area contributed by atoms with E-state index in [1.54, 1.807) is 18.3 Å². The Morgan fingerprint density at radius 3 is 2.78 bits per heavy atom. The van der Waals surface area contributed by atoms with Crippen molar-refractivity contribution in [2.45, 2.75) is 6.61 Å². The second kappa shape index (κ2) is 5.61. The first-order valence-electron chi connectivity index (χ1n) is 5.12. The molecule has 0 spiro atoms. The van der Waals surface area contributed by atoms with Crippen molar-refractivity contribution in [3.8, 4) is 11.8 Å². The fourth-order valence-electron chi connectivity index (χ4n) is 1.33. The molecule has 90 valence electrons. The molecule has 0 aliphatic heterocycles. The van der Waals surface area contributed by atoms with Crippen molar-refractivity contribution in [1.29, 1.82) is 5.26 Å². The maximum atomic E-state index is 13.3. The van der Waals surface area contributed by atoms with Gasteiger partial charge in [-0.15, -0.1) is 0 Å². The van der Waals surface area contributed by atoms with Crippen LogP contribution < -0.4 is 4.74 Å². The molecule has 0 aliphatic carbocycles. The number of benzene rings is 1. The number of ether oxygens (including phenoxy) is 1. The molecule has 0 N–H and O–H groups in total. The number of hydrogen-bond donors (Lipinski definition) is 0. The third-order valence-corrected chi connectivity index (χ3v) is 2.71. The van der Waals surface area contributed by atoms with Gasteiger partial charge in [0.2, 0.25) is 0 Å². The highest BCUT2D eigenvalue weighted by atomic mass is 79.9. The van der Waals surface area contributed by atoms with Gasteiger partial charge in [0.25, 0.3) is 0 Å². The summed E-state index contributed by atoms with van der Waals surface area (Å²) in [6, 6.07) is 9.55. The minimum absolute atomic E-state index is 0.00381. The Hall–Kier alpha value is -1.93. The van der Waals surface area contributed by atoms with Crippen LogP contribution in [-0.2, 0) is 6.61 Å². The Morgan fingerprint density at radius 1 is 1.33 bits per heavy atom. The average molecular weight is 307 g/mol. The summed E-state index contributed by atoms with van der Waals surface area (Å²) in [4.78, 5) is 4.13. The Kier molecular flexibility index (Phi) is 3.90. The standard InChI is InChI=1S/C13H8BrFN2O/c14-10-2-3-11(17-7-10)8-18-12-4-1-9(6-16)13(15)5-12/h1-5,7H,8H2. The van der Waals surface area contributed by atoms with Gasteiger partial charge in [-0.2, -0.15) is 5.26 Å². The Morgan fingerprint density at radius 2 is 2.17 bits per heavy atom. The quantitative estimate of drug-likeness (QED) is 0.872. The molecule has 0 radical (unpaired) electrons. The molecule has 1 aromatic carbocycles. The molecule has 0 fully saturated rings. The lowest BCUT2D eigenvalue weighted by molar-refractivity contribution is 0.299. The number of aromatic nitrogens is 1. The van der Waals surface area contributed by atoms with E-state index in [-0.39, 0.29) is 12.2 Å². The fraction of sp³-hybridized carbons (Fsp3) is 0.0769. The summed E-state index contributed by atoms with van der Waals surface area (Å²) in [6.07, 6.45) is 1.66. The molecule has 0 saturated carbocycles. The lowest BCUT2D eigenvalue weighted by atomic mass is 10.2. The van der Waals surface area contributed by atoms with E-state index in [2.05, 4.69) is 20.9 Å². The van der Waals surface area contributed by atoms with Crippen molar-refractivity contribution in [2.75, 3.05) is 0 Å². The van der Waals surface area contributed by atoms with E-state index in [0.29, 0.717) is 5.75 Å². The average Bonchev–Trinajstić information content (AvgIpc) is 2.38. The van der Waals surface area contributed by atoms with Crippen molar-refractivity contribution in [2.24, 2.45) is 0 Å². The molecule has 1 heterocycles. The van der Waals surface area contributed by atoms with E-state index in [4.69, 9.17) is 10.00 Å². The van der Waals surface area contributed by atoms with Crippen molar-refractivity contribution >= 4 is 15.9 Å². The highest BCUT2D eigenvalue weighted by Crippen LogP contribution is 2.17. The molecule has 2 aromatic rings. The maximum absolute atomic E-state index is 13.3.